The number of nitriles is 1. The predicted molar refractivity (Wildman–Crippen MR) is 79.3 cm³/mol. The van der Waals surface area contributed by atoms with Gasteiger partial charge in [0.15, 0.2) is 0 Å². The van der Waals surface area contributed by atoms with E-state index in [9.17, 15) is 5.26 Å². The summed E-state index contributed by atoms with van der Waals surface area (Å²) in [4.78, 5) is 4.54. The molecule has 5 heteroatoms. The zero-order chi connectivity index (χ0) is 13.1. The van der Waals surface area contributed by atoms with E-state index in [2.05, 4.69) is 54.8 Å². The van der Waals surface area contributed by atoms with Gasteiger partial charge in [-0.15, -0.1) is 0 Å². The summed E-state index contributed by atoms with van der Waals surface area (Å²) in [6, 6.07) is 8.30. The first-order valence-corrected chi connectivity index (χ1v) is 7.47. The van der Waals surface area contributed by atoms with Gasteiger partial charge in [-0.25, -0.2) is 0 Å². The number of hydrogen-bond donors (Lipinski definition) is 0. The predicted octanol–water partition coefficient (Wildman–Crippen LogP) is 3.02. The zero-order valence-electron chi connectivity index (χ0n) is 10.2. The number of piperazine rings is 1. The maximum atomic E-state index is 9.43. The van der Waals surface area contributed by atoms with Crippen molar-refractivity contribution in [1.29, 1.82) is 5.26 Å². The number of halogens is 2. The summed E-state index contributed by atoms with van der Waals surface area (Å²) >= 11 is 6.95. The Bertz CT molecular complexity index is 462. The van der Waals surface area contributed by atoms with Crippen LogP contribution in [0.3, 0.4) is 0 Å². The SMILES string of the molecule is CN1CCN(C(C#N)c2ccc(Br)c(Br)c2)CC1. The topological polar surface area (TPSA) is 30.3 Å². The molecule has 0 aliphatic carbocycles. The first-order valence-electron chi connectivity index (χ1n) is 5.89. The van der Waals surface area contributed by atoms with Gasteiger partial charge in [0.25, 0.3) is 0 Å². The minimum Gasteiger partial charge on any atom is -0.304 e. The summed E-state index contributed by atoms with van der Waals surface area (Å²) in [5.74, 6) is 0. The third kappa shape index (κ3) is 3.12. The molecule has 3 nitrogen and oxygen atoms in total. The van der Waals surface area contributed by atoms with Crippen molar-refractivity contribution in [3.05, 3.63) is 32.7 Å². The van der Waals surface area contributed by atoms with Crippen LogP contribution in [-0.2, 0) is 0 Å². The van der Waals surface area contributed by atoms with Gasteiger partial charge >= 0.3 is 0 Å². The van der Waals surface area contributed by atoms with Gasteiger partial charge in [0.1, 0.15) is 6.04 Å². The highest BCUT2D eigenvalue weighted by Crippen LogP contribution is 2.29. The molecular formula is C13H15Br2N3. The highest BCUT2D eigenvalue weighted by molar-refractivity contribution is 9.13. The van der Waals surface area contributed by atoms with Crippen LogP contribution >= 0.6 is 31.9 Å². The summed E-state index contributed by atoms with van der Waals surface area (Å²) < 4.78 is 2.01. The van der Waals surface area contributed by atoms with Gasteiger partial charge in [-0.3, -0.25) is 4.90 Å². The first kappa shape index (κ1) is 14.0. The van der Waals surface area contributed by atoms with Crippen molar-refractivity contribution in [3.8, 4) is 6.07 Å². The highest BCUT2D eigenvalue weighted by Gasteiger charge is 2.23. The lowest BCUT2D eigenvalue weighted by atomic mass is 10.1. The molecule has 18 heavy (non-hydrogen) atoms. The summed E-state index contributed by atoms with van der Waals surface area (Å²) in [6.45, 7) is 3.94. The van der Waals surface area contributed by atoms with Crippen molar-refractivity contribution in [2.24, 2.45) is 0 Å². The molecule has 1 fully saturated rings. The minimum absolute atomic E-state index is 0.150. The van der Waals surface area contributed by atoms with Crippen LogP contribution in [0.2, 0.25) is 0 Å². The summed E-state index contributed by atoms with van der Waals surface area (Å²) in [7, 11) is 2.12. The van der Waals surface area contributed by atoms with Gasteiger partial charge in [0, 0.05) is 35.1 Å². The van der Waals surface area contributed by atoms with Crippen LogP contribution < -0.4 is 0 Å². The molecule has 1 atom stereocenters. The van der Waals surface area contributed by atoms with Gasteiger partial charge in [0.2, 0.25) is 0 Å². The molecule has 2 rings (SSSR count). The number of hydrogen-bond acceptors (Lipinski definition) is 3. The van der Waals surface area contributed by atoms with Crippen molar-refractivity contribution in [1.82, 2.24) is 9.80 Å². The van der Waals surface area contributed by atoms with Gasteiger partial charge in [-0.2, -0.15) is 5.26 Å². The Labute approximate surface area is 125 Å². The maximum Gasteiger partial charge on any atom is 0.123 e. The Kier molecular flexibility index (Phi) is 4.79. The van der Waals surface area contributed by atoms with Gasteiger partial charge in [-0.05, 0) is 56.6 Å². The van der Waals surface area contributed by atoms with Crippen LogP contribution in [0.15, 0.2) is 27.1 Å². The van der Waals surface area contributed by atoms with Crippen molar-refractivity contribution in [2.75, 3.05) is 33.2 Å². The van der Waals surface area contributed by atoms with E-state index in [-0.39, 0.29) is 6.04 Å². The molecule has 0 bridgehead atoms. The fraction of sp³-hybridized carbons (Fsp3) is 0.462. The number of likely N-dealkylation sites (N-methyl/N-ethyl adjacent to an activating group) is 1. The average Bonchev–Trinajstić information content (AvgIpc) is 2.37. The van der Waals surface area contributed by atoms with Crippen molar-refractivity contribution in [3.63, 3.8) is 0 Å². The van der Waals surface area contributed by atoms with Crippen LogP contribution in [0.1, 0.15) is 11.6 Å². The molecule has 1 heterocycles. The Morgan fingerprint density at radius 3 is 2.39 bits per heavy atom. The number of rotatable bonds is 2. The van der Waals surface area contributed by atoms with E-state index in [0.717, 1.165) is 40.7 Å². The molecule has 0 amide bonds. The third-order valence-corrected chi connectivity index (χ3v) is 5.16. The van der Waals surface area contributed by atoms with Crippen molar-refractivity contribution < 1.29 is 0 Å². The second kappa shape index (κ2) is 6.16. The lowest BCUT2D eigenvalue weighted by Gasteiger charge is -2.35. The van der Waals surface area contributed by atoms with Gasteiger partial charge in [0.05, 0.1) is 6.07 Å². The second-order valence-corrected chi connectivity index (χ2v) is 6.25. The Morgan fingerprint density at radius 2 is 1.83 bits per heavy atom. The van der Waals surface area contributed by atoms with Crippen LogP contribution in [0, 0.1) is 11.3 Å². The summed E-state index contributed by atoms with van der Waals surface area (Å²) in [6.07, 6.45) is 0. The summed E-state index contributed by atoms with van der Waals surface area (Å²) in [5.41, 5.74) is 1.05. The fourth-order valence-corrected chi connectivity index (χ4v) is 2.77. The molecule has 1 aliphatic rings. The average molecular weight is 373 g/mol. The molecule has 0 N–H and O–H groups in total. The molecule has 1 saturated heterocycles. The monoisotopic (exact) mass is 371 g/mol. The Hall–Kier alpha value is -0.410. The Morgan fingerprint density at radius 1 is 1.17 bits per heavy atom. The zero-order valence-corrected chi connectivity index (χ0v) is 13.4. The highest BCUT2D eigenvalue weighted by atomic mass is 79.9. The van der Waals surface area contributed by atoms with Crippen LogP contribution in [0.4, 0.5) is 0 Å². The van der Waals surface area contributed by atoms with E-state index < -0.39 is 0 Å². The second-order valence-electron chi connectivity index (χ2n) is 4.54. The molecule has 0 saturated carbocycles. The van der Waals surface area contributed by atoms with E-state index in [1.165, 1.54) is 0 Å². The minimum atomic E-state index is -0.150. The molecule has 0 spiro atoms. The molecule has 0 aromatic heterocycles. The molecule has 1 aromatic carbocycles. The fourth-order valence-electron chi connectivity index (χ4n) is 2.13. The van der Waals surface area contributed by atoms with Crippen LogP contribution in [0.25, 0.3) is 0 Å². The standard InChI is InChI=1S/C13H15Br2N3/c1-17-4-6-18(7-5-17)13(9-16)10-2-3-11(14)12(15)8-10/h2-3,8,13H,4-7H2,1H3. The van der Waals surface area contributed by atoms with E-state index in [0.29, 0.717) is 0 Å². The number of benzene rings is 1. The van der Waals surface area contributed by atoms with E-state index >= 15 is 0 Å². The third-order valence-electron chi connectivity index (χ3n) is 3.28. The summed E-state index contributed by atoms with van der Waals surface area (Å²) in [5, 5.41) is 9.43. The van der Waals surface area contributed by atoms with Crippen LogP contribution in [0.5, 0.6) is 0 Å². The molecule has 1 aliphatic heterocycles. The van der Waals surface area contributed by atoms with E-state index in [1.54, 1.807) is 0 Å². The number of nitrogens with zero attached hydrogens (tertiary/aromatic N) is 3. The maximum absolute atomic E-state index is 9.43. The normalized spacial score (nSPS) is 19.4. The smallest absolute Gasteiger partial charge is 0.123 e. The van der Waals surface area contributed by atoms with E-state index in [4.69, 9.17) is 0 Å². The van der Waals surface area contributed by atoms with Crippen molar-refractivity contribution >= 4 is 31.9 Å². The molecular weight excluding hydrogens is 358 g/mol. The van der Waals surface area contributed by atoms with Crippen molar-refractivity contribution in [2.45, 2.75) is 6.04 Å². The lowest BCUT2D eigenvalue weighted by molar-refractivity contribution is 0.133. The molecule has 1 unspecified atom stereocenters. The molecule has 0 radical (unpaired) electrons. The van der Waals surface area contributed by atoms with Gasteiger partial charge in [-0.1, -0.05) is 6.07 Å². The van der Waals surface area contributed by atoms with Gasteiger partial charge < -0.3 is 4.90 Å². The largest absolute Gasteiger partial charge is 0.304 e. The first-order chi connectivity index (χ1) is 8.61. The Balaban J connectivity index is 2.18. The van der Waals surface area contributed by atoms with E-state index in [1.807, 2.05) is 18.2 Å². The van der Waals surface area contributed by atoms with Crippen LogP contribution in [-0.4, -0.2) is 43.0 Å². The lowest BCUT2D eigenvalue weighted by Crippen LogP contribution is -2.45. The molecule has 1 aromatic rings. The molecule has 96 valence electrons. The quantitative estimate of drug-likeness (QED) is 0.799.